The van der Waals surface area contributed by atoms with E-state index in [9.17, 15) is 4.79 Å². The first-order valence-electron chi connectivity index (χ1n) is 5.00. The molecule has 0 aromatic carbocycles. The van der Waals surface area contributed by atoms with Gasteiger partial charge in [0.05, 0.1) is 0 Å². The quantitative estimate of drug-likeness (QED) is 0.731. The largest absolute Gasteiger partial charge is 0.300 e. The van der Waals surface area contributed by atoms with Crippen molar-refractivity contribution in [3.8, 4) is 0 Å². The van der Waals surface area contributed by atoms with Crippen LogP contribution in [-0.4, -0.2) is 10.8 Å². The zero-order chi connectivity index (χ0) is 10.6. The molecule has 0 radical (unpaired) electrons. The number of carbonyl (C=O) groups excluding carboxylic acids is 1. The molecule has 0 aliphatic rings. The van der Waals surface area contributed by atoms with Gasteiger partial charge in [0, 0.05) is 18.3 Å². The van der Waals surface area contributed by atoms with Crippen molar-refractivity contribution in [3.63, 3.8) is 0 Å². The molecule has 1 rings (SSSR count). The molecular formula is C12H17NO. The SMILES string of the molecule is CC(=O)C(Cc1cccnc1)C(C)C. The highest BCUT2D eigenvalue weighted by molar-refractivity contribution is 5.78. The number of rotatable bonds is 4. The van der Waals surface area contributed by atoms with Crippen LogP contribution in [0, 0.1) is 11.8 Å². The van der Waals surface area contributed by atoms with E-state index in [2.05, 4.69) is 18.8 Å². The van der Waals surface area contributed by atoms with E-state index in [4.69, 9.17) is 0 Å². The van der Waals surface area contributed by atoms with Crippen LogP contribution in [0.15, 0.2) is 24.5 Å². The van der Waals surface area contributed by atoms with Gasteiger partial charge < -0.3 is 0 Å². The number of hydrogen-bond donors (Lipinski definition) is 0. The Bertz CT molecular complexity index is 292. The molecule has 1 aromatic rings. The van der Waals surface area contributed by atoms with Crippen LogP contribution in [-0.2, 0) is 11.2 Å². The second-order valence-corrected chi connectivity index (χ2v) is 4.03. The first-order valence-corrected chi connectivity index (χ1v) is 5.00. The molecule has 76 valence electrons. The van der Waals surface area contributed by atoms with Gasteiger partial charge in [-0.3, -0.25) is 9.78 Å². The number of Topliss-reactive ketones (excluding diaryl/α,β-unsaturated/α-hetero) is 1. The van der Waals surface area contributed by atoms with Crippen LogP contribution in [0.5, 0.6) is 0 Å². The lowest BCUT2D eigenvalue weighted by Gasteiger charge is -2.17. The van der Waals surface area contributed by atoms with Crippen LogP contribution >= 0.6 is 0 Å². The third-order valence-corrected chi connectivity index (χ3v) is 2.51. The van der Waals surface area contributed by atoms with Crippen molar-refractivity contribution in [1.82, 2.24) is 4.98 Å². The van der Waals surface area contributed by atoms with E-state index in [1.54, 1.807) is 13.1 Å². The van der Waals surface area contributed by atoms with Gasteiger partial charge in [0.25, 0.3) is 0 Å². The van der Waals surface area contributed by atoms with Crippen LogP contribution in [0.2, 0.25) is 0 Å². The van der Waals surface area contributed by atoms with E-state index < -0.39 is 0 Å². The Kier molecular flexibility index (Phi) is 3.81. The van der Waals surface area contributed by atoms with Crippen molar-refractivity contribution in [2.24, 2.45) is 11.8 Å². The number of hydrogen-bond acceptors (Lipinski definition) is 2. The third kappa shape index (κ3) is 2.95. The molecule has 0 saturated heterocycles. The summed E-state index contributed by atoms with van der Waals surface area (Å²) in [4.78, 5) is 15.4. The maximum absolute atomic E-state index is 11.4. The number of nitrogens with zero attached hydrogens (tertiary/aromatic N) is 1. The molecule has 0 amide bonds. The summed E-state index contributed by atoms with van der Waals surface area (Å²) in [7, 11) is 0. The van der Waals surface area contributed by atoms with Gasteiger partial charge in [-0.2, -0.15) is 0 Å². The molecule has 2 heteroatoms. The van der Waals surface area contributed by atoms with Gasteiger partial charge in [0.1, 0.15) is 5.78 Å². The van der Waals surface area contributed by atoms with Crippen molar-refractivity contribution in [2.75, 3.05) is 0 Å². The lowest BCUT2D eigenvalue weighted by Crippen LogP contribution is -2.20. The lowest BCUT2D eigenvalue weighted by atomic mass is 9.87. The Morgan fingerprint density at radius 1 is 1.50 bits per heavy atom. The van der Waals surface area contributed by atoms with E-state index in [1.807, 2.05) is 18.3 Å². The molecule has 0 N–H and O–H groups in total. The predicted molar refractivity (Wildman–Crippen MR) is 57.0 cm³/mol. The highest BCUT2D eigenvalue weighted by atomic mass is 16.1. The molecule has 1 aromatic heterocycles. The van der Waals surface area contributed by atoms with Gasteiger partial charge in [0.15, 0.2) is 0 Å². The molecule has 0 fully saturated rings. The van der Waals surface area contributed by atoms with Crippen molar-refractivity contribution in [3.05, 3.63) is 30.1 Å². The summed E-state index contributed by atoms with van der Waals surface area (Å²) in [5.41, 5.74) is 1.14. The Labute approximate surface area is 85.4 Å². The first-order chi connectivity index (χ1) is 6.61. The van der Waals surface area contributed by atoms with E-state index in [1.165, 1.54) is 0 Å². The van der Waals surface area contributed by atoms with Gasteiger partial charge in [-0.1, -0.05) is 19.9 Å². The summed E-state index contributed by atoms with van der Waals surface area (Å²) < 4.78 is 0. The van der Waals surface area contributed by atoms with Gasteiger partial charge in [0.2, 0.25) is 0 Å². The minimum Gasteiger partial charge on any atom is -0.300 e. The fourth-order valence-electron chi connectivity index (χ4n) is 1.62. The zero-order valence-corrected chi connectivity index (χ0v) is 9.03. The maximum Gasteiger partial charge on any atom is 0.133 e. The number of aromatic nitrogens is 1. The number of carbonyl (C=O) groups is 1. The van der Waals surface area contributed by atoms with Gasteiger partial charge in [-0.15, -0.1) is 0 Å². The maximum atomic E-state index is 11.4. The average Bonchev–Trinajstić information content (AvgIpc) is 2.15. The van der Waals surface area contributed by atoms with Crippen molar-refractivity contribution < 1.29 is 4.79 Å². The van der Waals surface area contributed by atoms with Crippen LogP contribution in [0.4, 0.5) is 0 Å². The zero-order valence-electron chi connectivity index (χ0n) is 9.03. The highest BCUT2D eigenvalue weighted by Crippen LogP contribution is 2.17. The first kappa shape index (κ1) is 10.9. The monoisotopic (exact) mass is 191 g/mol. The minimum atomic E-state index is 0.124. The molecule has 0 spiro atoms. The van der Waals surface area contributed by atoms with Gasteiger partial charge in [-0.05, 0) is 30.9 Å². The predicted octanol–water partition coefficient (Wildman–Crippen LogP) is 2.49. The molecule has 2 nitrogen and oxygen atoms in total. The second-order valence-electron chi connectivity index (χ2n) is 4.03. The summed E-state index contributed by atoms with van der Waals surface area (Å²) in [5.74, 6) is 0.788. The summed E-state index contributed by atoms with van der Waals surface area (Å²) in [5, 5.41) is 0. The molecule has 0 aliphatic heterocycles. The third-order valence-electron chi connectivity index (χ3n) is 2.51. The van der Waals surface area contributed by atoms with Crippen LogP contribution in [0.3, 0.4) is 0 Å². The Balaban J connectivity index is 2.70. The molecule has 0 bridgehead atoms. The molecule has 14 heavy (non-hydrogen) atoms. The summed E-state index contributed by atoms with van der Waals surface area (Å²) >= 11 is 0. The molecule has 0 saturated carbocycles. The van der Waals surface area contributed by atoms with Crippen molar-refractivity contribution in [2.45, 2.75) is 27.2 Å². The normalized spacial score (nSPS) is 12.9. The number of ketones is 1. The van der Waals surface area contributed by atoms with Crippen LogP contribution in [0.1, 0.15) is 26.3 Å². The number of pyridine rings is 1. The minimum absolute atomic E-state index is 0.124. The Hall–Kier alpha value is -1.18. The van der Waals surface area contributed by atoms with Gasteiger partial charge in [-0.25, -0.2) is 0 Å². The van der Waals surface area contributed by atoms with Crippen molar-refractivity contribution >= 4 is 5.78 Å². The Morgan fingerprint density at radius 3 is 2.64 bits per heavy atom. The van der Waals surface area contributed by atoms with E-state index in [0.717, 1.165) is 12.0 Å². The van der Waals surface area contributed by atoms with Crippen LogP contribution < -0.4 is 0 Å². The van der Waals surface area contributed by atoms with E-state index in [-0.39, 0.29) is 11.7 Å². The van der Waals surface area contributed by atoms with E-state index >= 15 is 0 Å². The summed E-state index contributed by atoms with van der Waals surface area (Å²) in [6.45, 7) is 5.84. The summed E-state index contributed by atoms with van der Waals surface area (Å²) in [6.07, 6.45) is 4.39. The smallest absolute Gasteiger partial charge is 0.133 e. The molecule has 0 aliphatic carbocycles. The standard InChI is InChI=1S/C12H17NO/c1-9(2)12(10(3)14)7-11-5-4-6-13-8-11/h4-6,8-9,12H,7H2,1-3H3. The van der Waals surface area contributed by atoms with Crippen molar-refractivity contribution in [1.29, 1.82) is 0 Å². The highest BCUT2D eigenvalue weighted by Gasteiger charge is 2.18. The molecule has 1 atom stereocenters. The van der Waals surface area contributed by atoms with Crippen LogP contribution in [0.25, 0.3) is 0 Å². The molecule has 1 unspecified atom stereocenters. The topological polar surface area (TPSA) is 30.0 Å². The lowest BCUT2D eigenvalue weighted by molar-refractivity contribution is -0.121. The Morgan fingerprint density at radius 2 is 2.21 bits per heavy atom. The fraction of sp³-hybridized carbons (Fsp3) is 0.500. The van der Waals surface area contributed by atoms with E-state index in [0.29, 0.717) is 5.92 Å². The second kappa shape index (κ2) is 4.89. The average molecular weight is 191 g/mol. The summed E-state index contributed by atoms with van der Waals surface area (Å²) in [6, 6.07) is 3.93. The van der Waals surface area contributed by atoms with Gasteiger partial charge >= 0.3 is 0 Å². The fourth-order valence-corrected chi connectivity index (χ4v) is 1.62. The molecular weight excluding hydrogens is 174 g/mol. The molecule has 1 heterocycles.